The van der Waals surface area contributed by atoms with E-state index in [0.717, 1.165) is 0 Å². The van der Waals surface area contributed by atoms with Crippen LogP contribution in [0.1, 0.15) is 6.92 Å². The zero-order chi connectivity index (χ0) is 13.3. The van der Waals surface area contributed by atoms with E-state index in [1.807, 2.05) is 0 Å². The average molecular weight is 310 g/mol. The number of thiazole rings is 1. The molecule has 0 amide bonds. The third-order valence-corrected chi connectivity index (χ3v) is 4.97. The minimum Gasteiger partial charge on any atom is -0.380 e. The maximum Gasteiger partial charge on any atom is 0.259 e. The molecule has 6 nitrogen and oxygen atoms in total. The SMILES string of the molecule is COC(C)CNS(=O)(=O)c1c(Cl)nc2sccn12. The molecular weight excluding hydrogens is 298 g/mol. The van der Waals surface area contributed by atoms with Crippen molar-refractivity contribution in [2.45, 2.75) is 18.1 Å². The second-order valence-corrected chi connectivity index (χ2v) is 6.57. The van der Waals surface area contributed by atoms with Gasteiger partial charge < -0.3 is 4.74 Å². The predicted molar refractivity (Wildman–Crippen MR) is 69.7 cm³/mol. The number of hydrogen-bond donors (Lipinski definition) is 1. The van der Waals surface area contributed by atoms with E-state index in [0.29, 0.717) is 4.96 Å². The Kier molecular flexibility index (Phi) is 3.93. The summed E-state index contributed by atoms with van der Waals surface area (Å²) in [6.07, 6.45) is 1.40. The van der Waals surface area contributed by atoms with Crippen molar-refractivity contribution < 1.29 is 13.2 Å². The predicted octanol–water partition coefficient (Wildman–Crippen LogP) is 1.36. The van der Waals surface area contributed by atoms with Crippen LogP contribution in [-0.2, 0) is 14.8 Å². The number of hydrogen-bond acceptors (Lipinski definition) is 5. The Morgan fingerprint density at radius 1 is 1.67 bits per heavy atom. The number of methoxy groups -OCH3 is 1. The van der Waals surface area contributed by atoms with Gasteiger partial charge in [-0.05, 0) is 6.92 Å². The number of nitrogens with zero attached hydrogens (tertiary/aromatic N) is 2. The molecule has 2 aromatic rings. The summed E-state index contributed by atoms with van der Waals surface area (Å²) >= 11 is 7.18. The van der Waals surface area contributed by atoms with Crippen molar-refractivity contribution in [1.29, 1.82) is 0 Å². The molecule has 0 aromatic carbocycles. The van der Waals surface area contributed by atoms with Gasteiger partial charge in [-0.2, -0.15) is 0 Å². The lowest BCUT2D eigenvalue weighted by atomic mass is 10.4. The molecule has 2 rings (SSSR count). The molecule has 0 aliphatic heterocycles. The fourth-order valence-corrected chi connectivity index (χ4v) is 3.92. The van der Waals surface area contributed by atoms with Gasteiger partial charge in [0.25, 0.3) is 10.0 Å². The van der Waals surface area contributed by atoms with Gasteiger partial charge in [-0.25, -0.2) is 18.1 Å². The molecule has 2 heterocycles. The van der Waals surface area contributed by atoms with Gasteiger partial charge in [0, 0.05) is 25.2 Å². The first-order valence-corrected chi connectivity index (χ1v) is 7.83. The van der Waals surface area contributed by atoms with Crippen LogP contribution >= 0.6 is 22.9 Å². The lowest BCUT2D eigenvalue weighted by Crippen LogP contribution is -2.32. The minimum absolute atomic E-state index is 0.0283. The highest BCUT2D eigenvalue weighted by atomic mass is 35.5. The molecule has 0 aliphatic carbocycles. The normalized spacial score (nSPS) is 14.2. The molecule has 0 bridgehead atoms. The summed E-state index contributed by atoms with van der Waals surface area (Å²) in [4.78, 5) is 4.52. The van der Waals surface area contributed by atoms with E-state index < -0.39 is 10.0 Å². The molecule has 0 spiro atoms. The molecule has 1 atom stereocenters. The van der Waals surface area contributed by atoms with E-state index in [1.165, 1.54) is 22.8 Å². The molecule has 0 saturated carbocycles. The zero-order valence-corrected chi connectivity index (χ0v) is 12.1. The molecule has 0 saturated heterocycles. The summed E-state index contributed by atoms with van der Waals surface area (Å²) < 4.78 is 33.2. The first-order chi connectivity index (χ1) is 8.45. The summed E-state index contributed by atoms with van der Waals surface area (Å²) in [6, 6.07) is 0. The lowest BCUT2D eigenvalue weighted by molar-refractivity contribution is 0.122. The third kappa shape index (κ3) is 2.52. The van der Waals surface area contributed by atoms with E-state index in [9.17, 15) is 8.42 Å². The van der Waals surface area contributed by atoms with E-state index in [4.69, 9.17) is 16.3 Å². The van der Waals surface area contributed by atoms with E-state index >= 15 is 0 Å². The highest BCUT2D eigenvalue weighted by molar-refractivity contribution is 7.89. The molecule has 1 unspecified atom stereocenters. The quantitative estimate of drug-likeness (QED) is 0.905. The van der Waals surface area contributed by atoms with Gasteiger partial charge in [0.15, 0.2) is 15.1 Å². The van der Waals surface area contributed by atoms with Crippen LogP contribution in [0.25, 0.3) is 4.96 Å². The standard InChI is InChI=1S/C9H12ClN3O3S2/c1-6(16-2)5-11-18(14,15)8-7(10)12-9-13(8)3-4-17-9/h3-4,6,11H,5H2,1-2H3. The molecular formula is C9H12ClN3O3S2. The Bertz CT molecular complexity index is 649. The second kappa shape index (κ2) is 5.14. The fraction of sp³-hybridized carbons (Fsp3) is 0.444. The van der Waals surface area contributed by atoms with E-state index in [2.05, 4.69) is 9.71 Å². The summed E-state index contributed by atoms with van der Waals surface area (Å²) in [5, 5.41) is 1.68. The Morgan fingerprint density at radius 3 is 3.06 bits per heavy atom. The molecule has 1 N–H and O–H groups in total. The van der Waals surface area contributed by atoms with Crippen molar-refractivity contribution in [2.75, 3.05) is 13.7 Å². The van der Waals surface area contributed by atoms with Crippen molar-refractivity contribution in [3.8, 4) is 0 Å². The first kappa shape index (κ1) is 13.8. The van der Waals surface area contributed by atoms with Crippen molar-refractivity contribution in [2.24, 2.45) is 0 Å². The zero-order valence-electron chi connectivity index (χ0n) is 9.75. The van der Waals surface area contributed by atoms with Gasteiger partial charge in [-0.15, -0.1) is 11.3 Å². The van der Waals surface area contributed by atoms with E-state index in [-0.39, 0.29) is 22.8 Å². The number of rotatable bonds is 5. The van der Waals surface area contributed by atoms with Gasteiger partial charge in [0.1, 0.15) is 0 Å². The van der Waals surface area contributed by atoms with Gasteiger partial charge in [-0.3, -0.25) is 4.40 Å². The maximum atomic E-state index is 12.1. The second-order valence-electron chi connectivity index (χ2n) is 3.66. The average Bonchev–Trinajstić information content (AvgIpc) is 2.84. The summed E-state index contributed by atoms with van der Waals surface area (Å²) in [5.74, 6) is 0. The molecule has 2 aromatic heterocycles. The topological polar surface area (TPSA) is 72.7 Å². The molecule has 0 fully saturated rings. The molecule has 0 aliphatic rings. The number of sulfonamides is 1. The van der Waals surface area contributed by atoms with Crippen LogP contribution in [0.3, 0.4) is 0 Å². The van der Waals surface area contributed by atoms with Crippen molar-refractivity contribution in [3.63, 3.8) is 0 Å². The van der Waals surface area contributed by atoms with Gasteiger partial charge in [0.05, 0.1) is 6.10 Å². The molecule has 0 radical (unpaired) electrons. The first-order valence-electron chi connectivity index (χ1n) is 5.09. The third-order valence-electron chi connectivity index (χ3n) is 2.40. The minimum atomic E-state index is -3.70. The largest absolute Gasteiger partial charge is 0.380 e. The highest BCUT2D eigenvalue weighted by Crippen LogP contribution is 2.25. The fourth-order valence-electron chi connectivity index (χ4n) is 1.36. The Morgan fingerprint density at radius 2 is 2.39 bits per heavy atom. The smallest absolute Gasteiger partial charge is 0.259 e. The van der Waals surface area contributed by atoms with Crippen LogP contribution in [0.2, 0.25) is 5.15 Å². The van der Waals surface area contributed by atoms with Crippen molar-refractivity contribution in [1.82, 2.24) is 14.1 Å². The van der Waals surface area contributed by atoms with Crippen LogP contribution in [0, 0.1) is 0 Å². The maximum absolute atomic E-state index is 12.1. The van der Waals surface area contributed by atoms with Crippen LogP contribution in [0.5, 0.6) is 0 Å². The Labute approximate surface area is 114 Å². The number of aromatic nitrogens is 2. The number of imidazole rings is 1. The summed E-state index contributed by atoms with van der Waals surface area (Å²) in [7, 11) is -2.19. The van der Waals surface area contributed by atoms with Crippen LogP contribution in [0.4, 0.5) is 0 Å². The number of halogens is 1. The lowest BCUT2D eigenvalue weighted by Gasteiger charge is -2.10. The summed E-state index contributed by atoms with van der Waals surface area (Å²) in [5.41, 5.74) is 0. The van der Waals surface area contributed by atoms with Crippen molar-refractivity contribution in [3.05, 3.63) is 16.7 Å². The monoisotopic (exact) mass is 309 g/mol. The molecule has 9 heteroatoms. The Balaban J connectivity index is 2.34. The highest BCUT2D eigenvalue weighted by Gasteiger charge is 2.25. The van der Waals surface area contributed by atoms with Gasteiger partial charge in [-0.1, -0.05) is 11.6 Å². The molecule has 18 heavy (non-hydrogen) atoms. The number of fused-ring (bicyclic) bond motifs is 1. The van der Waals surface area contributed by atoms with Crippen LogP contribution in [-0.4, -0.2) is 37.6 Å². The van der Waals surface area contributed by atoms with E-state index in [1.54, 1.807) is 18.5 Å². The number of ether oxygens (including phenoxy) is 1. The van der Waals surface area contributed by atoms with Crippen LogP contribution in [0.15, 0.2) is 16.6 Å². The Hall–Kier alpha value is -0.670. The number of nitrogens with one attached hydrogen (secondary N) is 1. The van der Waals surface area contributed by atoms with Crippen molar-refractivity contribution >= 4 is 37.9 Å². The van der Waals surface area contributed by atoms with Crippen LogP contribution < -0.4 is 4.72 Å². The van der Waals surface area contributed by atoms with Gasteiger partial charge in [0.2, 0.25) is 0 Å². The molecule has 100 valence electrons. The van der Waals surface area contributed by atoms with Gasteiger partial charge >= 0.3 is 0 Å². The summed E-state index contributed by atoms with van der Waals surface area (Å²) in [6.45, 7) is 1.94.